The van der Waals surface area contributed by atoms with E-state index in [9.17, 15) is 4.79 Å². The van der Waals surface area contributed by atoms with E-state index in [4.69, 9.17) is 0 Å². The number of carbonyl (C=O) groups is 1. The average Bonchev–Trinajstić information content (AvgIpc) is 3.08. The molecule has 82 valence electrons. The second-order valence-corrected chi connectivity index (χ2v) is 4.21. The summed E-state index contributed by atoms with van der Waals surface area (Å²) >= 11 is 0. The predicted octanol–water partition coefficient (Wildman–Crippen LogP) is 1.59. The second-order valence-electron chi connectivity index (χ2n) is 4.21. The van der Waals surface area contributed by atoms with Crippen molar-refractivity contribution in [1.82, 2.24) is 15.5 Å². The van der Waals surface area contributed by atoms with Gasteiger partial charge in [-0.05, 0) is 18.9 Å². The molecule has 0 aliphatic heterocycles. The van der Waals surface area contributed by atoms with Gasteiger partial charge in [0, 0.05) is 11.3 Å². The number of H-pyrrole nitrogens is 1. The monoisotopic (exact) mass is 215 g/mol. The highest BCUT2D eigenvalue weighted by molar-refractivity contribution is 5.83. The number of rotatable bonds is 3. The summed E-state index contributed by atoms with van der Waals surface area (Å²) in [6.07, 6.45) is 2.07. The first-order chi connectivity index (χ1) is 7.84. The lowest BCUT2D eigenvalue weighted by Crippen LogP contribution is -2.24. The molecule has 0 saturated heterocycles. The van der Waals surface area contributed by atoms with E-state index in [1.54, 1.807) is 0 Å². The summed E-state index contributed by atoms with van der Waals surface area (Å²) in [5.74, 6) is 0.424. The van der Waals surface area contributed by atoms with Gasteiger partial charge in [0.15, 0.2) is 0 Å². The van der Waals surface area contributed by atoms with Gasteiger partial charge in [-0.15, -0.1) is 0 Å². The van der Waals surface area contributed by atoms with Gasteiger partial charge in [0.2, 0.25) is 5.91 Å². The van der Waals surface area contributed by atoms with Crippen molar-refractivity contribution in [3.8, 4) is 0 Å². The lowest BCUT2D eigenvalue weighted by molar-refractivity contribution is -0.122. The normalized spacial score (nSPS) is 15.2. The fourth-order valence-corrected chi connectivity index (χ4v) is 1.81. The second kappa shape index (κ2) is 3.63. The molecular formula is C12H13N3O. The molecule has 1 aliphatic carbocycles. The molecule has 1 fully saturated rings. The van der Waals surface area contributed by atoms with Crippen molar-refractivity contribution in [3.63, 3.8) is 0 Å². The summed E-state index contributed by atoms with van der Waals surface area (Å²) in [7, 11) is 0. The lowest BCUT2D eigenvalue weighted by Gasteiger charge is -2.01. The van der Waals surface area contributed by atoms with Crippen LogP contribution in [-0.4, -0.2) is 16.1 Å². The van der Waals surface area contributed by atoms with E-state index in [2.05, 4.69) is 15.5 Å². The maximum absolute atomic E-state index is 11.5. The molecule has 0 atom stereocenters. The Bertz CT molecular complexity index is 528. The molecule has 0 radical (unpaired) electrons. The van der Waals surface area contributed by atoms with Gasteiger partial charge >= 0.3 is 0 Å². The number of aromatic amines is 1. The van der Waals surface area contributed by atoms with Crippen molar-refractivity contribution >= 4 is 16.8 Å². The van der Waals surface area contributed by atoms with Crippen LogP contribution in [-0.2, 0) is 11.3 Å². The third-order valence-corrected chi connectivity index (χ3v) is 2.93. The maximum Gasteiger partial charge on any atom is 0.223 e. The number of para-hydroxylation sites is 1. The van der Waals surface area contributed by atoms with Crippen LogP contribution in [0.15, 0.2) is 24.3 Å². The Hall–Kier alpha value is -1.84. The van der Waals surface area contributed by atoms with Crippen LogP contribution in [0.2, 0.25) is 0 Å². The molecule has 0 spiro atoms. The molecule has 1 aliphatic rings. The van der Waals surface area contributed by atoms with Crippen LogP contribution in [0.1, 0.15) is 18.5 Å². The lowest BCUT2D eigenvalue weighted by atomic mass is 10.2. The minimum atomic E-state index is 0.165. The number of fused-ring (bicyclic) bond motifs is 1. The number of nitrogens with zero attached hydrogens (tertiary/aromatic N) is 1. The Labute approximate surface area is 93.0 Å². The van der Waals surface area contributed by atoms with E-state index < -0.39 is 0 Å². The summed E-state index contributed by atoms with van der Waals surface area (Å²) in [5, 5.41) is 11.2. The van der Waals surface area contributed by atoms with Crippen molar-refractivity contribution in [2.45, 2.75) is 19.4 Å². The molecule has 16 heavy (non-hydrogen) atoms. The van der Waals surface area contributed by atoms with Crippen molar-refractivity contribution in [3.05, 3.63) is 30.0 Å². The molecule has 4 nitrogen and oxygen atoms in total. The summed E-state index contributed by atoms with van der Waals surface area (Å²) < 4.78 is 0. The van der Waals surface area contributed by atoms with Gasteiger partial charge in [0.1, 0.15) is 0 Å². The molecule has 1 heterocycles. The van der Waals surface area contributed by atoms with Crippen molar-refractivity contribution in [2.24, 2.45) is 5.92 Å². The van der Waals surface area contributed by atoms with E-state index in [1.165, 1.54) is 0 Å². The summed E-state index contributed by atoms with van der Waals surface area (Å²) in [6.45, 7) is 0.538. The van der Waals surface area contributed by atoms with Gasteiger partial charge in [-0.25, -0.2) is 0 Å². The Morgan fingerprint density at radius 1 is 1.44 bits per heavy atom. The van der Waals surface area contributed by atoms with E-state index in [0.29, 0.717) is 6.54 Å². The number of benzene rings is 1. The molecule has 1 saturated carbocycles. The molecule has 3 rings (SSSR count). The van der Waals surface area contributed by atoms with Gasteiger partial charge in [0.25, 0.3) is 0 Å². The van der Waals surface area contributed by atoms with Gasteiger partial charge < -0.3 is 5.32 Å². The Balaban J connectivity index is 1.76. The smallest absolute Gasteiger partial charge is 0.223 e. The first-order valence-corrected chi connectivity index (χ1v) is 5.54. The molecule has 1 aromatic heterocycles. The average molecular weight is 215 g/mol. The van der Waals surface area contributed by atoms with E-state index in [0.717, 1.165) is 29.4 Å². The van der Waals surface area contributed by atoms with Gasteiger partial charge in [-0.1, -0.05) is 18.2 Å². The van der Waals surface area contributed by atoms with Crippen molar-refractivity contribution in [2.75, 3.05) is 0 Å². The summed E-state index contributed by atoms with van der Waals surface area (Å²) in [6, 6.07) is 7.90. The van der Waals surface area contributed by atoms with Crippen molar-refractivity contribution in [1.29, 1.82) is 0 Å². The van der Waals surface area contributed by atoms with E-state index in [1.807, 2.05) is 24.3 Å². The Morgan fingerprint density at radius 2 is 2.25 bits per heavy atom. The molecule has 0 bridgehead atoms. The number of aromatic nitrogens is 2. The van der Waals surface area contributed by atoms with Crippen molar-refractivity contribution < 1.29 is 4.79 Å². The molecule has 2 N–H and O–H groups in total. The summed E-state index contributed by atoms with van der Waals surface area (Å²) in [4.78, 5) is 11.5. The van der Waals surface area contributed by atoms with Gasteiger partial charge in [0.05, 0.1) is 17.8 Å². The molecule has 4 heteroatoms. The third kappa shape index (κ3) is 1.66. The van der Waals surface area contributed by atoms with Crippen LogP contribution < -0.4 is 5.32 Å². The predicted molar refractivity (Wildman–Crippen MR) is 60.7 cm³/mol. The van der Waals surface area contributed by atoms with Crippen LogP contribution in [0.3, 0.4) is 0 Å². The van der Waals surface area contributed by atoms with Crippen LogP contribution in [0.4, 0.5) is 0 Å². The Morgan fingerprint density at radius 3 is 3.06 bits per heavy atom. The highest BCUT2D eigenvalue weighted by Crippen LogP contribution is 2.28. The largest absolute Gasteiger partial charge is 0.350 e. The summed E-state index contributed by atoms with van der Waals surface area (Å²) in [5.41, 5.74) is 1.92. The quantitative estimate of drug-likeness (QED) is 0.816. The van der Waals surface area contributed by atoms with Gasteiger partial charge in [-0.2, -0.15) is 5.10 Å². The first kappa shape index (κ1) is 9.39. The van der Waals surface area contributed by atoms with Gasteiger partial charge in [-0.3, -0.25) is 9.89 Å². The number of amides is 1. The molecule has 1 aromatic carbocycles. The fourth-order valence-electron chi connectivity index (χ4n) is 1.81. The SMILES string of the molecule is O=C(NCc1[nH]nc2ccccc12)C1CC1. The zero-order valence-electron chi connectivity index (χ0n) is 8.86. The third-order valence-electron chi connectivity index (χ3n) is 2.93. The first-order valence-electron chi connectivity index (χ1n) is 5.54. The van der Waals surface area contributed by atoms with Crippen LogP contribution in [0, 0.1) is 5.92 Å². The molecule has 2 aromatic rings. The zero-order valence-corrected chi connectivity index (χ0v) is 8.86. The topological polar surface area (TPSA) is 57.8 Å². The van der Waals surface area contributed by atoms with E-state index >= 15 is 0 Å². The fraction of sp³-hybridized carbons (Fsp3) is 0.333. The standard InChI is InChI=1S/C12H13N3O/c16-12(8-5-6-8)13-7-11-9-3-1-2-4-10(9)14-15-11/h1-4,8H,5-7H2,(H,13,16)(H,14,15). The van der Waals surface area contributed by atoms with Crippen LogP contribution in [0.5, 0.6) is 0 Å². The number of carbonyl (C=O) groups excluding carboxylic acids is 1. The zero-order chi connectivity index (χ0) is 11.0. The number of hydrogen-bond donors (Lipinski definition) is 2. The van der Waals surface area contributed by atoms with Crippen LogP contribution >= 0.6 is 0 Å². The molecule has 1 amide bonds. The minimum absolute atomic E-state index is 0.165. The number of nitrogens with one attached hydrogen (secondary N) is 2. The highest BCUT2D eigenvalue weighted by atomic mass is 16.2. The molecule has 0 unspecified atom stereocenters. The Kier molecular flexibility index (Phi) is 2.13. The van der Waals surface area contributed by atoms with E-state index in [-0.39, 0.29) is 11.8 Å². The van der Waals surface area contributed by atoms with Crippen LogP contribution in [0.25, 0.3) is 10.9 Å². The molecular weight excluding hydrogens is 202 g/mol. The maximum atomic E-state index is 11.5. The highest BCUT2D eigenvalue weighted by Gasteiger charge is 2.29. The number of hydrogen-bond acceptors (Lipinski definition) is 2. The minimum Gasteiger partial charge on any atom is -0.350 e.